The zero-order chi connectivity index (χ0) is 14.8. The number of nitrogens with one attached hydrogen (secondary N) is 1. The van der Waals surface area contributed by atoms with Crippen molar-refractivity contribution >= 4 is 12.0 Å². The molecular formula is C13H24N2O4. The molecular weight excluding hydrogens is 248 g/mol. The van der Waals surface area contributed by atoms with E-state index < -0.39 is 23.0 Å². The standard InChI is InChI=1S/C13H24N2O4/c1-12(2,3)9(10(16)17)14-11(18)15-7-5-13(4,19)6-8-15/h9,19H,5-8H2,1-4H3,(H,14,18)(H,16,17). The van der Waals surface area contributed by atoms with Crippen molar-refractivity contribution < 1.29 is 19.8 Å². The Morgan fingerprint density at radius 1 is 1.26 bits per heavy atom. The number of carboxylic acid groups (broad SMARTS) is 1. The van der Waals surface area contributed by atoms with Gasteiger partial charge in [0, 0.05) is 13.1 Å². The van der Waals surface area contributed by atoms with Crippen molar-refractivity contribution in [1.82, 2.24) is 10.2 Å². The van der Waals surface area contributed by atoms with E-state index in [1.165, 1.54) is 0 Å². The number of urea groups is 1. The van der Waals surface area contributed by atoms with Crippen LogP contribution in [0.1, 0.15) is 40.5 Å². The maximum Gasteiger partial charge on any atom is 0.326 e. The van der Waals surface area contributed by atoms with Crippen LogP contribution >= 0.6 is 0 Å². The number of carbonyl (C=O) groups excluding carboxylic acids is 1. The monoisotopic (exact) mass is 272 g/mol. The Morgan fingerprint density at radius 3 is 2.11 bits per heavy atom. The van der Waals surface area contributed by atoms with Crippen LogP contribution in [0.25, 0.3) is 0 Å². The van der Waals surface area contributed by atoms with Crippen LogP contribution in [-0.4, -0.2) is 51.8 Å². The van der Waals surface area contributed by atoms with Crippen molar-refractivity contribution in [2.75, 3.05) is 13.1 Å². The van der Waals surface area contributed by atoms with Gasteiger partial charge in [0.1, 0.15) is 6.04 Å². The molecule has 1 aliphatic heterocycles. The number of amides is 2. The van der Waals surface area contributed by atoms with Crippen LogP contribution < -0.4 is 5.32 Å². The van der Waals surface area contributed by atoms with Gasteiger partial charge in [-0.2, -0.15) is 0 Å². The molecule has 110 valence electrons. The molecule has 1 heterocycles. The normalized spacial score (nSPS) is 20.8. The molecule has 0 aromatic heterocycles. The highest BCUT2D eigenvalue weighted by molar-refractivity contribution is 5.83. The summed E-state index contributed by atoms with van der Waals surface area (Å²) in [6.45, 7) is 7.94. The molecule has 0 saturated carbocycles. The Labute approximate surface area is 113 Å². The minimum atomic E-state index is -1.04. The van der Waals surface area contributed by atoms with Crippen LogP contribution in [0.5, 0.6) is 0 Å². The van der Waals surface area contributed by atoms with Crippen LogP contribution in [0, 0.1) is 5.41 Å². The number of rotatable bonds is 2. The van der Waals surface area contributed by atoms with Gasteiger partial charge in [0.05, 0.1) is 5.60 Å². The minimum absolute atomic E-state index is 0.377. The third-order valence-electron chi connectivity index (χ3n) is 3.51. The lowest BCUT2D eigenvalue weighted by atomic mass is 9.87. The molecule has 3 N–H and O–H groups in total. The van der Waals surface area contributed by atoms with E-state index in [0.717, 1.165) is 0 Å². The van der Waals surface area contributed by atoms with Gasteiger partial charge < -0.3 is 20.4 Å². The van der Waals surface area contributed by atoms with E-state index >= 15 is 0 Å². The second-order valence-electron chi connectivity index (χ2n) is 6.57. The maximum atomic E-state index is 12.0. The Balaban J connectivity index is 2.62. The molecule has 1 saturated heterocycles. The Kier molecular flexibility index (Phi) is 4.45. The largest absolute Gasteiger partial charge is 0.480 e. The zero-order valence-electron chi connectivity index (χ0n) is 12.1. The summed E-state index contributed by atoms with van der Waals surface area (Å²) in [5, 5.41) is 21.5. The molecule has 2 amide bonds. The molecule has 0 aliphatic carbocycles. The Morgan fingerprint density at radius 2 is 1.74 bits per heavy atom. The SMILES string of the molecule is CC1(O)CCN(C(=O)NC(C(=O)O)C(C)(C)C)CC1. The summed E-state index contributed by atoms with van der Waals surface area (Å²) in [5.74, 6) is -1.04. The van der Waals surface area contributed by atoms with Crippen molar-refractivity contribution in [2.45, 2.75) is 52.2 Å². The molecule has 0 bridgehead atoms. The topological polar surface area (TPSA) is 89.9 Å². The molecule has 1 rings (SSSR count). The molecule has 1 aliphatic rings. The van der Waals surface area contributed by atoms with Gasteiger partial charge in [-0.15, -0.1) is 0 Å². The van der Waals surface area contributed by atoms with Crippen molar-refractivity contribution in [2.24, 2.45) is 5.41 Å². The minimum Gasteiger partial charge on any atom is -0.480 e. The third kappa shape index (κ3) is 4.38. The lowest BCUT2D eigenvalue weighted by molar-refractivity contribution is -0.142. The molecule has 1 unspecified atom stereocenters. The summed E-state index contributed by atoms with van der Waals surface area (Å²) < 4.78 is 0. The molecule has 0 radical (unpaired) electrons. The maximum absolute atomic E-state index is 12.0. The van der Waals surface area contributed by atoms with Gasteiger partial charge in [0.15, 0.2) is 0 Å². The molecule has 0 aromatic carbocycles. The number of carbonyl (C=O) groups is 2. The quantitative estimate of drug-likeness (QED) is 0.700. The van der Waals surface area contributed by atoms with Crippen molar-refractivity contribution in [3.63, 3.8) is 0 Å². The molecule has 0 aromatic rings. The average Bonchev–Trinajstić information content (AvgIpc) is 2.23. The van der Waals surface area contributed by atoms with Crippen LogP contribution in [0.15, 0.2) is 0 Å². The summed E-state index contributed by atoms with van der Waals surface area (Å²) in [6.07, 6.45) is 1.02. The molecule has 6 nitrogen and oxygen atoms in total. The predicted octanol–water partition coefficient (Wildman–Crippen LogP) is 1.04. The van der Waals surface area contributed by atoms with E-state index in [1.807, 2.05) is 0 Å². The van der Waals surface area contributed by atoms with Gasteiger partial charge in [-0.25, -0.2) is 9.59 Å². The summed E-state index contributed by atoms with van der Waals surface area (Å²) in [7, 11) is 0. The third-order valence-corrected chi connectivity index (χ3v) is 3.51. The average molecular weight is 272 g/mol. The number of hydrogen-bond acceptors (Lipinski definition) is 3. The Bertz CT molecular complexity index is 350. The highest BCUT2D eigenvalue weighted by Crippen LogP contribution is 2.23. The van der Waals surface area contributed by atoms with Crippen LogP contribution in [0.3, 0.4) is 0 Å². The smallest absolute Gasteiger partial charge is 0.326 e. The lowest BCUT2D eigenvalue weighted by Gasteiger charge is -2.37. The van der Waals surface area contributed by atoms with E-state index in [0.29, 0.717) is 25.9 Å². The van der Waals surface area contributed by atoms with Crippen molar-refractivity contribution in [3.05, 3.63) is 0 Å². The highest BCUT2D eigenvalue weighted by atomic mass is 16.4. The highest BCUT2D eigenvalue weighted by Gasteiger charge is 2.35. The van der Waals surface area contributed by atoms with Gasteiger partial charge in [-0.05, 0) is 25.2 Å². The van der Waals surface area contributed by atoms with Crippen molar-refractivity contribution in [3.8, 4) is 0 Å². The van der Waals surface area contributed by atoms with Crippen LogP contribution in [0.4, 0.5) is 4.79 Å². The fourth-order valence-corrected chi connectivity index (χ4v) is 2.05. The molecule has 0 spiro atoms. The van der Waals surface area contributed by atoms with Gasteiger partial charge in [0.2, 0.25) is 0 Å². The van der Waals surface area contributed by atoms with Crippen LogP contribution in [0.2, 0.25) is 0 Å². The first-order valence-electron chi connectivity index (χ1n) is 6.53. The summed E-state index contributed by atoms with van der Waals surface area (Å²) >= 11 is 0. The number of aliphatic carboxylic acids is 1. The summed E-state index contributed by atoms with van der Waals surface area (Å²) in [5.41, 5.74) is -1.28. The number of aliphatic hydroxyl groups is 1. The van der Waals surface area contributed by atoms with Gasteiger partial charge >= 0.3 is 12.0 Å². The summed E-state index contributed by atoms with van der Waals surface area (Å²) in [4.78, 5) is 24.8. The Hall–Kier alpha value is -1.30. The molecule has 19 heavy (non-hydrogen) atoms. The first kappa shape index (κ1) is 15.8. The van der Waals surface area contributed by atoms with Crippen LogP contribution in [-0.2, 0) is 4.79 Å². The molecule has 1 atom stereocenters. The van der Waals surface area contributed by atoms with Gasteiger partial charge in [0.25, 0.3) is 0 Å². The number of piperidine rings is 1. The molecule has 1 fully saturated rings. The van der Waals surface area contributed by atoms with Gasteiger partial charge in [-0.3, -0.25) is 0 Å². The van der Waals surface area contributed by atoms with Gasteiger partial charge in [-0.1, -0.05) is 20.8 Å². The second kappa shape index (κ2) is 5.36. The number of hydrogen-bond donors (Lipinski definition) is 3. The van der Waals surface area contributed by atoms with Crippen molar-refractivity contribution in [1.29, 1.82) is 0 Å². The zero-order valence-corrected chi connectivity index (χ0v) is 12.1. The number of nitrogens with zero attached hydrogens (tertiary/aromatic N) is 1. The number of carboxylic acids is 1. The molecule has 6 heteroatoms. The lowest BCUT2D eigenvalue weighted by Crippen LogP contribution is -2.55. The summed E-state index contributed by atoms with van der Waals surface area (Å²) in [6, 6.07) is -1.31. The first-order chi connectivity index (χ1) is 8.53. The second-order valence-corrected chi connectivity index (χ2v) is 6.57. The number of likely N-dealkylation sites (tertiary alicyclic amines) is 1. The predicted molar refractivity (Wildman–Crippen MR) is 70.8 cm³/mol. The first-order valence-corrected chi connectivity index (χ1v) is 6.53. The van der Waals surface area contributed by atoms with E-state index in [4.69, 9.17) is 5.11 Å². The fourth-order valence-electron chi connectivity index (χ4n) is 2.05. The van der Waals surface area contributed by atoms with E-state index in [9.17, 15) is 14.7 Å². The van der Waals surface area contributed by atoms with E-state index in [2.05, 4.69) is 5.32 Å². The van der Waals surface area contributed by atoms with E-state index in [1.54, 1.807) is 32.6 Å². The fraction of sp³-hybridized carbons (Fsp3) is 0.846. The van der Waals surface area contributed by atoms with E-state index in [-0.39, 0.29) is 6.03 Å².